The van der Waals surface area contributed by atoms with E-state index in [0.717, 1.165) is 27.3 Å². The minimum absolute atomic E-state index is 0.728. The maximum Gasteiger partial charge on any atom is 0.0548 e. The first-order chi connectivity index (χ1) is 8.15. The fourth-order valence-electron chi connectivity index (χ4n) is 1.51. The largest absolute Gasteiger partial charge is 0.380 e. The molecule has 88 valence electrons. The highest BCUT2D eigenvalue weighted by Crippen LogP contribution is 2.23. The fraction of sp³-hybridized carbons (Fsp3) is 0.154. The molecule has 1 aromatic carbocycles. The van der Waals surface area contributed by atoms with E-state index in [2.05, 4.69) is 32.3 Å². The second kappa shape index (κ2) is 5.52. The lowest BCUT2D eigenvalue weighted by atomic mass is 10.2. The zero-order chi connectivity index (χ0) is 12.3. The molecule has 0 atom stereocenters. The van der Waals surface area contributed by atoms with Crippen molar-refractivity contribution in [3.8, 4) is 0 Å². The van der Waals surface area contributed by atoms with E-state index in [9.17, 15) is 0 Å². The van der Waals surface area contributed by atoms with Crippen molar-refractivity contribution in [1.82, 2.24) is 4.98 Å². The van der Waals surface area contributed by atoms with Gasteiger partial charge in [0.1, 0.15) is 0 Å². The molecule has 0 aliphatic rings. The molecule has 0 fully saturated rings. The lowest BCUT2D eigenvalue weighted by molar-refractivity contribution is 1.13. The van der Waals surface area contributed by atoms with Gasteiger partial charge in [0.25, 0.3) is 0 Å². The standard InChI is InChI=1S/C13H12BrClN2/c1-9-4-11(8-16-6-9)17-7-10-2-3-13(15)12(14)5-10/h2-6,8,17H,7H2,1H3. The number of rotatable bonds is 3. The maximum atomic E-state index is 5.94. The van der Waals surface area contributed by atoms with Crippen molar-refractivity contribution in [3.63, 3.8) is 0 Å². The van der Waals surface area contributed by atoms with Crippen LogP contribution in [0.5, 0.6) is 0 Å². The average molecular weight is 312 g/mol. The number of aromatic nitrogens is 1. The molecule has 0 saturated heterocycles. The first-order valence-corrected chi connectivity index (χ1v) is 6.42. The van der Waals surface area contributed by atoms with Crippen LogP contribution in [0.2, 0.25) is 5.02 Å². The van der Waals surface area contributed by atoms with E-state index >= 15 is 0 Å². The summed E-state index contributed by atoms with van der Waals surface area (Å²) in [4.78, 5) is 4.14. The molecule has 2 aromatic rings. The molecule has 0 saturated carbocycles. The second-order valence-corrected chi connectivity index (χ2v) is 5.11. The molecule has 17 heavy (non-hydrogen) atoms. The first kappa shape index (κ1) is 12.4. The number of pyridine rings is 1. The van der Waals surface area contributed by atoms with Gasteiger partial charge in [0.2, 0.25) is 0 Å². The van der Waals surface area contributed by atoms with Crippen molar-refractivity contribution in [1.29, 1.82) is 0 Å². The number of hydrogen-bond donors (Lipinski definition) is 1. The van der Waals surface area contributed by atoms with Crippen LogP contribution >= 0.6 is 27.5 Å². The lowest BCUT2D eigenvalue weighted by Gasteiger charge is -2.07. The third kappa shape index (κ3) is 3.45. The van der Waals surface area contributed by atoms with Crippen molar-refractivity contribution in [3.05, 3.63) is 57.3 Å². The molecule has 2 rings (SSSR count). The SMILES string of the molecule is Cc1cncc(NCc2ccc(Cl)c(Br)c2)c1. The van der Waals surface area contributed by atoms with Gasteiger partial charge in [-0.15, -0.1) is 0 Å². The van der Waals surface area contributed by atoms with Crippen LogP contribution in [0.25, 0.3) is 0 Å². The normalized spacial score (nSPS) is 10.3. The van der Waals surface area contributed by atoms with Gasteiger partial charge in [-0.2, -0.15) is 0 Å². The van der Waals surface area contributed by atoms with Crippen molar-refractivity contribution in [2.75, 3.05) is 5.32 Å². The second-order valence-electron chi connectivity index (χ2n) is 3.85. The van der Waals surface area contributed by atoms with Gasteiger partial charge in [0, 0.05) is 23.4 Å². The molecule has 0 radical (unpaired) electrons. The van der Waals surface area contributed by atoms with Crippen molar-refractivity contribution < 1.29 is 0 Å². The monoisotopic (exact) mass is 310 g/mol. The Kier molecular flexibility index (Phi) is 4.02. The molecule has 0 unspecified atom stereocenters. The van der Waals surface area contributed by atoms with E-state index in [-0.39, 0.29) is 0 Å². The third-order valence-corrected chi connectivity index (χ3v) is 3.57. The predicted molar refractivity (Wildman–Crippen MR) is 75.5 cm³/mol. The Hall–Kier alpha value is -1.06. The van der Waals surface area contributed by atoms with Crippen molar-refractivity contribution in [2.24, 2.45) is 0 Å². The molecule has 1 aromatic heterocycles. The molecule has 0 aliphatic carbocycles. The maximum absolute atomic E-state index is 5.94. The minimum Gasteiger partial charge on any atom is -0.380 e. The number of nitrogens with one attached hydrogen (secondary N) is 1. The fourth-order valence-corrected chi connectivity index (χ4v) is 2.05. The molecule has 2 nitrogen and oxygen atoms in total. The summed E-state index contributed by atoms with van der Waals surface area (Å²) in [5.41, 5.74) is 3.34. The van der Waals surface area contributed by atoms with Crippen molar-refractivity contribution >= 4 is 33.2 Å². The van der Waals surface area contributed by atoms with Crippen LogP contribution in [-0.2, 0) is 6.54 Å². The molecule has 0 amide bonds. The summed E-state index contributed by atoms with van der Waals surface area (Å²) in [6.07, 6.45) is 3.65. The number of anilines is 1. The van der Waals surface area contributed by atoms with E-state index in [0.29, 0.717) is 0 Å². The number of aryl methyl sites for hydroxylation is 1. The van der Waals surface area contributed by atoms with Crippen molar-refractivity contribution in [2.45, 2.75) is 13.5 Å². The number of hydrogen-bond acceptors (Lipinski definition) is 2. The summed E-state index contributed by atoms with van der Waals surface area (Å²) in [5.74, 6) is 0. The summed E-state index contributed by atoms with van der Waals surface area (Å²) in [6, 6.07) is 7.97. The summed E-state index contributed by atoms with van der Waals surface area (Å²) in [5, 5.41) is 4.05. The molecule has 0 spiro atoms. The Balaban J connectivity index is 2.05. The van der Waals surface area contributed by atoms with E-state index in [4.69, 9.17) is 11.6 Å². The number of benzene rings is 1. The zero-order valence-electron chi connectivity index (χ0n) is 9.37. The summed E-state index contributed by atoms with van der Waals surface area (Å²) in [7, 11) is 0. The quantitative estimate of drug-likeness (QED) is 0.907. The van der Waals surface area contributed by atoms with Gasteiger partial charge in [-0.05, 0) is 52.2 Å². The summed E-state index contributed by atoms with van der Waals surface area (Å²) >= 11 is 9.35. The Morgan fingerprint density at radius 1 is 1.29 bits per heavy atom. The van der Waals surface area contributed by atoms with E-state index in [1.54, 1.807) is 0 Å². The Morgan fingerprint density at radius 2 is 2.12 bits per heavy atom. The van der Waals surface area contributed by atoms with Crippen LogP contribution in [0.3, 0.4) is 0 Å². The third-order valence-electron chi connectivity index (χ3n) is 2.36. The minimum atomic E-state index is 0.728. The van der Waals surface area contributed by atoms with Gasteiger partial charge < -0.3 is 5.32 Å². The molecule has 0 aliphatic heterocycles. The predicted octanol–water partition coefficient (Wildman–Crippen LogP) is 4.42. The van der Waals surface area contributed by atoms with Gasteiger partial charge in [-0.1, -0.05) is 17.7 Å². The highest BCUT2D eigenvalue weighted by atomic mass is 79.9. The van der Waals surface area contributed by atoms with E-state index < -0.39 is 0 Å². The van der Waals surface area contributed by atoms with Gasteiger partial charge in [-0.3, -0.25) is 4.98 Å². The Morgan fingerprint density at radius 3 is 2.82 bits per heavy atom. The smallest absolute Gasteiger partial charge is 0.0548 e. The van der Waals surface area contributed by atoms with E-state index in [1.165, 1.54) is 5.56 Å². The van der Waals surface area contributed by atoms with E-state index in [1.807, 2.05) is 37.5 Å². The zero-order valence-corrected chi connectivity index (χ0v) is 11.7. The van der Waals surface area contributed by atoms with Crippen LogP contribution in [0, 0.1) is 6.92 Å². The van der Waals surface area contributed by atoms with Gasteiger partial charge in [0.15, 0.2) is 0 Å². The molecule has 1 N–H and O–H groups in total. The Labute approximate surface area is 114 Å². The molecule has 0 bridgehead atoms. The lowest BCUT2D eigenvalue weighted by Crippen LogP contribution is -2.00. The van der Waals surface area contributed by atoms with Crippen LogP contribution in [0.15, 0.2) is 41.1 Å². The molecular weight excluding hydrogens is 300 g/mol. The highest BCUT2D eigenvalue weighted by molar-refractivity contribution is 9.10. The van der Waals surface area contributed by atoms with Crippen LogP contribution in [0.1, 0.15) is 11.1 Å². The van der Waals surface area contributed by atoms with Gasteiger partial charge in [-0.25, -0.2) is 0 Å². The first-order valence-electron chi connectivity index (χ1n) is 5.24. The summed E-state index contributed by atoms with van der Waals surface area (Å²) in [6.45, 7) is 2.78. The van der Waals surface area contributed by atoms with Gasteiger partial charge in [0.05, 0.1) is 10.7 Å². The highest BCUT2D eigenvalue weighted by Gasteiger charge is 1.99. The molecular formula is C13H12BrClN2. The van der Waals surface area contributed by atoms with Crippen LogP contribution in [0.4, 0.5) is 5.69 Å². The topological polar surface area (TPSA) is 24.9 Å². The average Bonchev–Trinajstić information content (AvgIpc) is 2.31. The summed E-state index contributed by atoms with van der Waals surface area (Å²) < 4.78 is 0.917. The van der Waals surface area contributed by atoms with Crippen LogP contribution < -0.4 is 5.32 Å². The number of nitrogens with zero attached hydrogens (tertiary/aromatic N) is 1. The number of halogens is 2. The van der Waals surface area contributed by atoms with Crippen LogP contribution in [-0.4, -0.2) is 4.98 Å². The Bertz CT molecular complexity index is 529. The molecule has 4 heteroatoms. The van der Waals surface area contributed by atoms with Gasteiger partial charge >= 0.3 is 0 Å². The molecule has 1 heterocycles.